The number of unbranched alkanes of at least 4 members (excludes halogenated alkanes) is 37. The Bertz CT molecular complexity index is 1830. The fraction of sp³-hybridized carbons (Fsp3) is 0.946. The lowest BCUT2D eigenvalue weighted by molar-refractivity contribution is -0.161. The average Bonchev–Trinajstić information content (AvgIpc) is 1.88. The standard InChI is InChI=1S/C74H144O17P2/c1-64(2)50-42-34-26-20-16-12-10-9-11-13-18-22-30-40-48-56-73(78)90-69(60-84-71(76)54-46-38-29-25-24-28-36-44-52-66(5)6)62-88-92(80,81)86-58-68(75)59-87-93(82,83)89-63-70(61-85-72(77)55-47-39-33-32-37-45-53-67(7)8)91-74(79)57-49-41-31-23-19-15-14-17-21-27-35-43-51-65(3)4/h64-70,75H,9-63H2,1-8H3,(H,80,81)(H,82,83)/t68-,69-,70-/m1/s1. The predicted molar refractivity (Wildman–Crippen MR) is 377 cm³/mol. The number of rotatable bonds is 71. The molecule has 19 heteroatoms. The third-order valence-electron chi connectivity index (χ3n) is 17.1. The van der Waals surface area contributed by atoms with E-state index in [1.54, 1.807) is 0 Å². The molecule has 0 heterocycles. The highest BCUT2D eigenvalue weighted by atomic mass is 31.2. The van der Waals surface area contributed by atoms with Gasteiger partial charge < -0.3 is 33.8 Å². The van der Waals surface area contributed by atoms with E-state index in [9.17, 15) is 43.2 Å². The first-order valence-electron chi connectivity index (χ1n) is 38.2. The first-order chi connectivity index (χ1) is 44.6. The summed E-state index contributed by atoms with van der Waals surface area (Å²) in [6.45, 7) is 14.1. The summed E-state index contributed by atoms with van der Waals surface area (Å²) in [5.74, 6) is 0.859. The van der Waals surface area contributed by atoms with Crippen LogP contribution in [0.1, 0.15) is 370 Å². The number of aliphatic hydroxyl groups excluding tert-OH is 1. The molecule has 2 unspecified atom stereocenters. The van der Waals surface area contributed by atoms with Gasteiger partial charge in [-0.1, -0.05) is 319 Å². The minimum atomic E-state index is -4.96. The molecular weight excluding hydrogens is 1220 g/mol. The molecule has 5 atom stereocenters. The van der Waals surface area contributed by atoms with Crippen molar-refractivity contribution >= 4 is 39.5 Å². The SMILES string of the molecule is CC(C)CCCCCCCCCCCCCCCCCC(=O)O[C@H](COC(=O)CCCCCCCCCCC(C)C)COP(=O)(O)OC[C@@H](O)COP(=O)(O)OC[C@@H](COC(=O)CCCCCCCCC(C)C)OC(=O)CCCCCCCCCCCCCCC(C)C. The summed E-state index contributed by atoms with van der Waals surface area (Å²) in [5, 5.41) is 10.6. The average molecular weight is 1370 g/mol. The van der Waals surface area contributed by atoms with Crippen LogP contribution in [0.25, 0.3) is 0 Å². The Labute approximate surface area is 568 Å². The molecule has 0 aromatic carbocycles. The van der Waals surface area contributed by atoms with Crippen molar-refractivity contribution in [3.8, 4) is 0 Å². The van der Waals surface area contributed by atoms with Crippen LogP contribution in [0.2, 0.25) is 0 Å². The van der Waals surface area contributed by atoms with Crippen LogP contribution in [-0.4, -0.2) is 96.7 Å². The third kappa shape index (κ3) is 68.4. The molecule has 0 aromatic rings. The molecule has 0 spiro atoms. The highest BCUT2D eigenvalue weighted by Gasteiger charge is 2.30. The summed E-state index contributed by atoms with van der Waals surface area (Å²) in [5.41, 5.74) is 0. The Morgan fingerprint density at radius 2 is 0.452 bits per heavy atom. The topological polar surface area (TPSA) is 237 Å². The Balaban J connectivity index is 5.22. The van der Waals surface area contributed by atoms with Crippen LogP contribution in [0.15, 0.2) is 0 Å². The van der Waals surface area contributed by atoms with Crippen molar-refractivity contribution < 1.29 is 80.2 Å². The van der Waals surface area contributed by atoms with Gasteiger partial charge in [0.2, 0.25) is 0 Å². The molecule has 0 aliphatic carbocycles. The molecule has 0 amide bonds. The molecule has 0 saturated heterocycles. The smallest absolute Gasteiger partial charge is 0.462 e. The molecule has 0 aliphatic rings. The molecule has 0 rings (SSSR count). The number of aliphatic hydroxyl groups is 1. The second-order valence-electron chi connectivity index (χ2n) is 28.6. The number of hydrogen-bond acceptors (Lipinski definition) is 15. The fourth-order valence-corrected chi connectivity index (χ4v) is 12.8. The fourth-order valence-electron chi connectivity index (χ4n) is 11.2. The van der Waals surface area contributed by atoms with Crippen LogP contribution in [0.4, 0.5) is 0 Å². The molecular formula is C74H144O17P2. The quantitative estimate of drug-likeness (QED) is 0.0222. The highest BCUT2D eigenvalue weighted by molar-refractivity contribution is 7.47. The lowest BCUT2D eigenvalue weighted by Gasteiger charge is -2.21. The number of phosphoric acid groups is 2. The van der Waals surface area contributed by atoms with Gasteiger partial charge in [-0.3, -0.25) is 37.3 Å². The summed E-state index contributed by atoms with van der Waals surface area (Å²) >= 11 is 0. The van der Waals surface area contributed by atoms with Crippen molar-refractivity contribution in [2.45, 2.75) is 388 Å². The third-order valence-corrected chi connectivity index (χ3v) is 19.0. The molecule has 0 radical (unpaired) electrons. The van der Waals surface area contributed by atoms with Crippen LogP contribution in [-0.2, 0) is 65.4 Å². The summed E-state index contributed by atoms with van der Waals surface area (Å²) in [6.07, 6.45) is 47.4. The van der Waals surface area contributed by atoms with Gasteiger partial charge >= 0.3 is 39.5 Å². The Hall–Kier alpha value is -1.94. The van der Waals surface area contributed by atoms with E-state index in [2.05, 4.69) is 55.4 Å². The maximum absolute atomic E-state index is 13.1. The van der Waals surface area contributed by atoms with Gasteiger partial charge in [-0.25, -0.2) is 9.13 Å². The number of hydrogen-bond donors (Lipinski definition) is 3. The number of carbonyl (C=O) groups excluding carboxylic acids is 4. The number of carbonyl (C=O) groups is 4. The van der Waals surface area contributed by atoms with Crippen molar-refractivity contribution in [3.05, 3.63) is 0 Å². The number of phosphoric ester groups is 2. The molecule has 3 N–H and O–H groups in total. The van der Waals surface area contributed by atoms with E-state index in [4.69, 9.17) is 37.0 Å². The van der Waals surface area contributed by atoms with E-state index < -0.39 is 97.5 Å². The lowest BCUT2D eigenvalue weighted by atomic mass is 10.0. The van der Waals surface area contributed by atoms with Crippen molar-refractivity contribution in [3.63, 3.8) is 0 Å². The van der Waals surface area contributed by atoms with Crippen molar-refractivity contribution in [2.24, 2.45) is 23.7 Å². The molecule has 0 bridgehead atoms. The number of ether oxygens (including phenoxy) is 4. The van der Waals surface area contributed by atoms with Crippen molar-refractivity contribution in [1.82, 2.24) is 0 Å². The van der Waals surface area contributed by atoms with Gasteiger partial charge in [0.1, 0.15) is 19.3 Å². The van der Waals surface area contributed by atoms with E-state index >= 15 is 0 Å². The van der Waals surface area contributed by atoms with Crippen LogP contribution < -0.4 is 0 Å². The maximum Gasteiger partial charge on any atom is 0.472 e. The van der Waals surface area contributed by atoms with Crippen LogP contribution in [0.5, 0.6) is 0 Å². The summed E-state index contributed by atoms with van der Waals surface area (Å²) in [7, 11) is -9.91. The summed E-state index contributed by atoms with van der Waals surface area (Å²) < 4.78 is 68.4. The lowest BCUT2D eigenvalue weighted by Crippen LogP contribution is -2.30. The van der Waals surface area contributed by atoms with Crippen molar-refractivity contribution in [2.75, 3.05) is 39.6 Å². The molecule has 0 aliphatic heterocycles. The van der Waals surface area contributed by atoms with E-state index in [1.165, 1.54) is 167 Å². The number of esters is 4. The monoisotopic (exact) mass is 1370 g/mol. The van der Waals surface area contributed by atoms with Gasteiger partial charge in [-0.15, -0.1) is 0 Å². The van der Waals surface area contributed by atoms with Gasteiger partial charge in [-0.2, -0.15) is 0 Å². The van der Waals surface area contributed by atoms with Crippen molar-refractivity contribution in [1.29, 1.82) is 0 Å². The van der Waals surface area contributed by atoms with Gasteiger partial charge in [0.05, 0.1) is 26.4 Å². The zero-order chi connectivity index (χ0) is 68.9. The zero-order valence-corrected chi connectivity index (χ0v) is 62.7. The summed E-state index contributed by atoms with van der Waals surface area (Å²) in [6, 6.07) is 0. The van der Waals surface area contributed by atoms with Gasteiger partial charge in [-0.05, 0) is 49.4 Å². The Morgan fingerprint density at radius 3 is 0.667 bits per heavy atom. The van der Waals surface area contributed by atoms with Gasteiger partial charge in [0.15, 0.2) is 12.2 Å². The van der Waals surface area contributed by atoms with E-state index in [1.807, 2.05) is 0 Å². The Morgan fingerprint density at radius 1 is 0.269 bits per heavy atom. The van der Waals surface area contributed by atoms with E-state index in [0.29, 0.717) is 31.6 Å². The van der Waals surface area contributed by atoms with E-state index in [-0.39, 0.29) is 25.7 Å². The van der Waals surface area contributed by atoms with Crippen LogP contribution in [0, 0.1) is 23.7 Å². The molecule has 0 aromatic heterocycles. The Kier molecular flexibility index (Phi) is 62.2. The predicted octanol–water partition coefficient (Wildman–Crippen LogP) is 21.3. The zero-order valence-electron chi connectivity index (χ0n) is 60.9. The van der Waals surface area contributed by atoms with Crippen LogP contribution >= 0.6 is 15.6 Å². The molecule has 552 valence electrons. The van der Waals surface area contributed by atoms with Crippen LogP contribution in [0.3, 0.4) is 0 Å². The second kappa shape index (κ2) is 63.5. The second-order valence-corrected chi connectivity index (χ2v) is 31.5. The first kappa shape index (κ1) is 91.1. The molecule has 93 heavy (non-hydrogen) atoms. The van der Waals surface area contributed by atoms with Gasteiger partial charge in [0.25, 0.3) is 0 Å². The van der Waals surface area contributed by atoms with Gasteiger partial charge in [0, 0.05) is 25.7 Å². The highest BCUT2D eigenvalue weighted by Crippen LogP contribution is 2.45. The maximum atomic E-state index is 13.1. The molecule has 0 saturated carbocycles. The normalized spacial score (nSPS) is 14.2. The first-order valence-corrected chi connectivity index (χ1v) is 41.2. The minimum Gasteiger partial charge on any atom is -0.462 e. The largest absolute Gasteiger partial charge is 0.472 e. The molecule has 17 nitrogen and oxygen atoms in total. The van der Waals surface area contributed by atoms with E-state index in [0.717, 1.165) is 114 Å². The summed E-state index contributed by atoms with van der Waals surface area (Å²) in [4.78, 5) is 72.7. The minimum absolute atomic E-state index is 0.105. The molecule has 0 fully saturated rings.